The van der Waals surface area contributed by atoms with Gasteiger partial charge in [0.05, 0.1) is 0 Å². The highest BCUT2D eigenvalue weighted by atomic mass is 13.8. The van der Waals surface area contributed by atoms with Crippen LogP contribution in [0.5, 0.6) is 0 Å². The first-order chi connectivity index (χ1) is 5.91. The van der Waals surface area contributed by atoms with Crippen molar-refractivity contribution in [3.8, 4) is 0 Å². The van der Waals surface area contributed by atoms with Crippen LogP contribution < -0.4 is 0 Å². The molecule has 0 amide bonds. The van der Waals surface area contributed by atoms with Crippen LogP contribution in [-0.4, -0.2) is 0 Å². The van der Waals surface area contributed by atoms with Gasteiger partial charge in [0.25, 0.3) is 0 Å². The maximum atomic E-state index is 3.63. The molecular weight excluding hydrogens is 144 g/mol. The fourth-order valence-electron chi connectivity index (χ4n) is 0.905. The average molecular weight is 163 g/mol. The lowest BCUT2D eigenvalue weighted by molar-refractivity contribution is 1.00. The molecule has 1 radical (unpaired) electrons. The van der Waals surface area contributed by atoms with E-state index in [1.807, 2.05) is 6.08 Å². The average Bonchev–Trinajstić information content (AvgIpc) is 2.10. The minimum absolute atomic E-state index is 1.11. The van der Waals surface area contributed by atoms with E-state index in [9.17, 15) is 0 Å². The molecule has 0 bridgehead atoms. The van der Waals surface area contributed by atoms with Crippen LogP contribution in [0.2, 0.25) is 0 Å². The molecule has 0 nitrogen and oxygen atoms in total. The van der Waals surface area contributed by atoms with E-state index in [0.29, 0.717) is 0 Å². The van der Waals surface area contributed by atoms with Gasteiger partial charge >= 0.3 is 0 Å². The molecule has 0 spiro atoms. The van der Waals surface area contributed by atoms with Gasteiger partial charge in [-0.2, -0.15) is 0 Å². The minimum Gasteiger partial charge on any atom is -0.0917 e. The van der Waals surface area contributed by atoms with Crippen molar-refractivity contribution in [3.05, 3.63) is 43.4 Å². The molecule has 0 heterocycles. The van der Waals surface area contributed by atoms with Crippen molar-refractivity contribution in [2.75, 3.05) is 0 Å². The molecule has 67 valence electrons. The van der Waals surface area contributed by atoms with Gasteiger partial charge in [-0.15, -0.1) is 0 Å². The topological polar surface area (TPSA) is 0 Å². The van der Waals surface area contributed by atoms with Crippen molar-refractivity contribution >= 4 is 0 Å². The molecule has 0 aromatic rings. The standard InChI is InChI=1S/C12H19/c1-3-5-7-9-11-12-10-8-6-4-2/h3-6,11-12H,1,7-10H2,2H3. The number of hydrogen-bond donors (Lipinski definition) is 0. The van der Waals surface area contributed by atoms with Gasteiger partial charge in [0.1, 0.15) is 0 Å². The third-order valence-electron chi connectivity index (χ3n) is 1.57. The number of rotatable bonds is 6. The lowest BCUT2D eigenvalue weighted by Gasteiger charge is -1.87. The van der Waals surface area contributed by atoms with E-state index < -0.39 is 0 Å². The summed E-state index contributed by atoms with van der Waals surface area (Å²) in [5.74, 6) is 0. The van der Waals surface area contributed by atoms with Crippen molar-refractivity contribution in [1.82, 2.24) is 0 Å². The summed E-state index contributed by atoms with van der Waals surface area (Å²) in [5.41, 5.74) is 0. The SMILES string of the molecule is [CH2]C=CCCC=CCCC=CC. The molecule has 0 aromatic carbocycles. The minimum atomic E-state index is 1.11. The van der Waals surface area contributed by atoms with Crippen molar-refractivity contribution in [2.24, 2.45) is 0 Å². The number of allylic oxidation sites excluding steroid dienone is 6. The maximum Gasteiger partial charge on any atom is -0.0316 e. The van der Waals surface area contributed by atoms with Gasteiger partial charge in [-0.05, 0) is 39.5 Å². The van der Waals surface area contributed by atoms with E-state index in [1.165, 1.54) is 6.42 Å². The Morgan fingerprint density at radius 3 is 1.83 bits per heavy atom. The van der Waals surface area contributed by atoms with Crippen LogP contribution in [0.1, 0.15) is 32.6 Å². The summed E-state index contributed by atoms with van der Waals surface area (Å²) < 4.78 is 0. The third kappa shape index (κ3) is 9.22. The first-order valence-corrected chi connectivity index (χ1v) is 4.62. The van der Waals surface area contributed by atoms with Crippen molar-refractivity contribution in [2.45, 2.75) is 32.6 Å². The monoisotopic (exact) mass is 163 g/mol. The van der Waals surface area contributed by atoms with Gasteiger partial charge in [-0.3, -0.25) is 0 Å². The molecule has 0 fully saturated rings. The first kappa shape index (κ1) is 11.2. The predicted molar refractivity (Wildman–Crippen MR) is 56.9 cm³/mol. The Balaban J connectivity index is 3.14. The zero-order chi connectivity index (χ0) is 9.07. The van der Waals surface area contributed by atoms with Crippen LogP contribution in [0.4, 0.5) is 0 Å². The van der Waals surface area contributed by atoms with E-state index in [2.05, 4.69) is 44.2 Å². The van der Waals surface area contributed by atoms with Gasteiger partial charge < -0.3 is 0 Å². The van der Waals surface area contributed by atoms with Crippen LogP contribution >= 0.6 is 0 Å². The predicted octanol–water partition coefficient (Wildman–Crippen LogP) is 4.07. The summed E-state index contributed by atoms with van der Waals surface area (Å²) in [5, 5.41) is 0. The molecule has 0 aliphatic rings. The van der Waals surface area contributed by atoms with Crippen LogP contribution in [0.15, 0.2) is 36.5 Å². The van der Waals surface area contributed by atoms with Gasteiger partial charge in [0, 0.05) is 0 Å². The molecule has 0 N–H and O–H groups in total. The van der Waals surface area contributed by atoms with E-state index in [4.69, 9.17) is 0 Å². The lowest BCUT2D eigenvalue weighted by atomic mass is 10.2. The second-order valence-electron chi connectivity index (χ2n) is 2.67. The third-order valence-corrected chi connectivity index (χ3v) is 1.57. The molecule has 0 aliphatic heterocycles. The highest BCUT2D eigenvalue weighted by Crippen LogP contribution is 1.97. The Bertz CT molecular complexity index is 131. The van der Waals surface area contributed by atoms with Crippen LogP contribution in [0.25, 0.3) is 0 Å². The van der Waals surface area contributed by atoms with Crippen LogP contribution in [0.3, 0.4) is 0 Å². The Morgan fingerprint density at radius 2 is 1.33 bits per heavy atom. The van der Waals surface area contributed by atoms with E-state index in [0.717, 1.165) is 19.3 Å². The molecule has 0 saturated carbocycles. The molecule has 0 aliphatic carbocycles. The summed E-state index contributed by atoms with van der Waals surface area (Å²) in [6.45, 7) is 5.69. The summed E-state index contributed by atoms with van der Waals surface area (Å²) >= 11 is 0. The Kier molecular flexibility index (Phi) is 9.56. The Labute approximate surface area is 76.7 Å². The van der Waals surface area contributed by atoms with Crippen molar-refractivity contribution < 1.29 is 0 Å². The molecule has 0 saturated heterocycles. The fourth-order valence-corrected chi connectivity index (χ4v) is 0.905. The second-order valence-corrected chi connectivity index (χ2v) is 2.67. The largest absolute Gasteiger partial charge is 0.0917 e. The molecular formula is C12H19. The number of unbranched alkanes of at least 4 members (excludes halogenated alkanes) is 2. The smallest absolute Gasteiger partial charge is 0.0316 e. The highest BCUT2D eigenvalue weighted by molar-refractivity contribution is 4.90. The zero-order valence-corrected chi connectivity index (χ0v) is 8.00. The van der Waals surface area contributed by atoms with Crippen LogP contribution in [0, 0.1) is 6.92 Å². The Morgan fingerprint density at radius 1 is 0.833 bits per heavy atom. The first-order valence-electron chi connectivity index (χ1n) is 4.62. The molecule has 0 aromatic heterocycles. The van der Waals surface area contributed by atoms with Gasteiger partial charge in [-0.1, -0.05) is 36.5 Å². The van der Waals surface area contributed by atoms with E-state index >= 15 is 0 Å². The zero-order valence-electron chi connectivity index (χ0n) is 8.00. The van der Waals surface area contributed by atoms with Crippen molar-refractivity contribution in [1.29, 1.82) is 0 Å². The summed E-state index contributed by atoms with van der Waals surface area (Å²) in [6.07, 6.45) is 17.3. The van der Waals surface area contributed by atoms with Gasteiger partial charge in [0.2, 0.25) is 0 Å². The summed E-state index contributed by atoms with van der Waals surface area (Å²) in [4.78, 5) is 0. The second kappa shape index (κ2) is 10.2. The van der Waals surface area contributed by atoms with Gasteiger partial charge in [0.15, 0.2) is 0 Å². The molecule has 0 atom stereocenters. The summed E-state index contributed by atoms with van der Waals surface area (Å²) in [7, 11) is 0. The quantitative estimate of drug-likeness (QED) is 0.409. The molecule has 0 rings (SSSR count). The highest BCUT2D eigenvalue weighted by Gasteiger charge is 1.76. The van der Waals surface area contributed by atoms with Gasteiger partial charge in [-0.25, -0.2) is 0 Å². The fraction of sp³-hybridized carbons (Fsp3) is 0.417. The summed E-state index contributed by atoms with van der Waals surface area (Å²) in [6, 6.07) is 0. The number of hydrogen-bond acceptors (Lipinski definition) is 0. The van der Waals surface area contributed by atoms with E-state index in [1.54, 1.807) is 0 Å². The molecule has 0 unspecified atom stereocenters. The van der Waals surface area contributed by atoms with E-state index in [-0.39, 0.29) is 0 Å². The van der Waals surface area contributed by atoms with Crippen molar-refractivity contribution in [3.63, 3.8) is 0 Å². The molecule has 12 heavy (non-hydrogen) atoms. The Hall–Kier alpha value is -0.780. The normalized spacial score (nSPS) is 12.5. The lowest BCUT2D eigenvalue weighted by Crippen LogP contribution is -1.66. The van der Waals surface area contributed by atoms with Crippen LogP contribution in [-0.2, 0) is 0 Å². The molecule has 0 heteroatoms. The maximum absolute atomic E-state index is 3.63.